The van der Waals surface area contributed by atoms with Crippen LogP contribution in [-0.4, -0.2) is 23.1 Å². The van der Waals surface area contributed by atoms with Gasteiger partial charge in [-0.05, 0) is 23.6 Å². The maximum atomic E-state index is 10.9. The number of hydrogen-bond acceptors (Lipinski definition) is 7. The Hall–Kier alpha value is -3.34. The second-order valence-corrected chi connectivity index (χ2v) is 6.58. The van der Waals surface area contributed by atoms with Crippen molar-refractivity contribution < 1.29 is 14.4 Å². The van der Waals surface area contributed by atoms with E-state index in [1.807, 2.05) is 38.1 Å². The maximum absolute atomic E-state index is 10.9. The first-order valence-electron chi connectivity index (χ1n) is 8.70. The van der Waals surface area contributed by atoms with Crippen molar-refractivity contribution in [3.63, 3.8) is 0 Å². The van der Waals surface area contributed by atoms with Crippen LogP contribution >= 0.6 is 0 Å². The van der Waals surface area contributed by atoms with Crippen LogP contribution in [0.25, 0.3) is 0 Å². The lowest BCUT2D eigenvalue weighted by Gasteiger charge is -2.24. The fourth-order valence-corrected chi connectivity index (χ4v) is 2.91. The van der Waals surface area contributed by atoms with E-state index in [-0.39, 0.29) is 23.2 Å². The number of aromatic nitrogens is 1. The van der Waals surface area contributed by atoms with E-state index < -0.39 is 4.92 Å². The molecule has 1 aromatic heterocycles. The van der Waals surface area contributed by atoms with E-state index in [0.29, 0.717) is 30.5 Å². The zero-order valence-corrected chi connectivity index (χ0v) is 15.1. The number of fused-ring (bicyclic) bond motifs is 1. The molecule has 0 saturated heterocycles. The molecular weight excluding hydrogens is 348 g/mol. The first-order chi connectivity index (χ1) is 13.0. The van der Waals surface area contributed by atoms with Crippen molar-refractivity contribution in [2.24, 2.45) is 5.92 Å². The third-order valence-electron chi connectivity index (χ3n) is 4.29. The number of hydrogen-bond donors (Lipinski definition) is 1. The lowest BCUT2D eigenvalue weighted by atomic mass is 9.95. The smallest absolute Gasteiger partial charge is 0.289 e. The molecule has 27 heavy (non-hydrogen) atoms. The fraction of sp³-hybridized carbons (Fsp3) is 0.368. The third-order valence-corrected chi connectivity index (χ3v) is 4.29. The summed E-state index contributed by atoms with van der Waals surface area (Å²) in [5.41, 5.74) is 0.872. The van der Waals surface area contributed by atoms with E-state index >= 15 is 0 Å². The van der Waals surface area contributed by atoms with Gasteiger partial charge < -0.3 is 14.8 Å². The SMILES string of the molecule is CC(C)[C@H](Nc1ncc([N+](=O)[O-])cc1C#N)c1ccc2c(c1)OCCCO2. The molecule has 1 aliphatic heterocycles. The number of nitrogens with zero attached hydrogens (tertiary/aromatic N) is 3. The Bertz CT molecular complexity index is 892. The van der Waals surface area contributed by atoms with Gasteiger partial charge in [-0.2, -0.15) is 5.26 Å². The highest BCUT2D eigenvalue weighted by Gasteiger charge is 2.22. The molecule has 2 aromatic rings. The summed E-state index contributed by atoms with van der Waals surface area (Å²) in [6, 6.07) is 8.78. The Balaban J connectivity index is 1.92. The zero-order chi connectivity index (χ0) is 19.4. The molecular formula is C19H20N4O4. The summed E-state index contributed by atoms with van der Waals surface area (Å²) in [7, 11) is 0. The van der Waals surface area contributed by atoms with E-state index in [1.165, 1.54) is 6.07 Å². The van der Waals surface area contributed by atoms with E-state index in [0.717, 1.165) is 18.2 Å². The predicted octanol–water partition coefficient (Wildman–Crippen LogP) is 3.83. The monoisotopic (exact) mass is 368 g/mol. The van der Waals surface area contributed by atoms with Crippen LogP contribution in [0.3, 0.4) is 0 Å². The van der Waals surface area contributed by atoms with E-state index in [2.05, 4.69) is 10.3 Å². The van der Waals surface area contributed by atoms with E-state index in [9.17, 15) is 15.4 Å². The first kappa shape index (κ1) is 18.5. The van der Waals surface area contributed by atoms with Gasteiger partial charge in [0.15, 0.2) is 11.5 Å². The normalized spacial score (nSPS) is 14.1. The molecule has 0 aliphatic carbocycles. The number of anilines is 1. The van der Waals surface area contributed by atoms with Crippen molar-refractivity contribution in [3.8, 4) is 17.6 Å². The van der Waals surface area contributed by atoms with Crippen LogP contribution in [0.2, 0.25) is 0 Å². The minimum absolute atomic E-state index is 0.129. The molecule has 0 amide bonds. The number of nitriles is 1. The van der Waals surface area contributed by atoms with Crippen molar-refractivity contribution in [1.29, 1.82) is 5.26 Å². The second kappa shape index (κ2) is 7.91. The molecule has 2 heterocycles. The van der Waals surface area contributed by atoms with Gasteiger partial charge in [0.05, 0.1) is 24.2 Å². The van der Waals surface area contributed by atoms with Crippen LogP contribution in [-0.2, 0) is 0 Å². The van der Waals surface area contributed by atoms with Gasteiger partial charge in [-0.1, -0.05) is 19.9 Å². The summed E-state index contributed by atoms with van der Waals surface area (Å²) < 4.78 is 11.4. The van der Waals surface area contributed by atoms with Crippen molar-refractivity contribution >= 4 is 11.5 Å². The molecule has 1 atom stereocenters. The average molecular weight is 368 g/mol. The van der Waals surface area contributed by atoms with Crippen molar-refractivity contribution in [2.45, 2.75) is 26.3 Å². The second-order valence-electron chi connectivity index (χ2n) is 6.58. The van der Waals surface area contributed by atoms with Gasteiger partial charge in [-0.15, -0.1) is 0 Å². The van der Waals surface area contributed by atoms with Gasteiger partial charge in [-0.3, -0.25) is 10.1 Å². The van der Waals surface area contributed by atoms with Crippen molar-refractivity contribution in [1.82, 2.24) is 4.98 Å². The summed E-state index contributed by atoms with van der Waals surface area (Å²) in [5.74, 6) is 1.88. The molecule has 0 bridgehead atoms. The molecule has 1 aromatic carbocycles. The van der Waals surface area contributed by atoms with Gasteiger partial charge in [0.2, 0.25) is 0 Å². The Kier molecular flexibility index (Phi) is 5.41. The van der Waals surface area contributed by atoms with Crippen molar-refractivity contribution in [3.05, 3.63) is 51.7 Å². The molecule has 8 heteroatoms. The molecule has 8 nitrogen and oxygen atoms in total. The molecule has 0 radical (unpaired) electrons. The number of rotatable bonds is 5. The van der Waals surface area contributed by atoms with Crippen LogP contribution in [0.5, 0.6) is 11.5 Å². The molecule has 1 N–H and O–H groups in total. The number of nitro groups is 1. The van der Waals surface area contributed by atoms with E-state index in [1.54, 1.807) is 0 Å². The van der Waals surface area contributed by atoms with Crippen LogP contribution in [0.4, 0.5) is 11.5 Å². The Morgan fingerprint density at radius 3 is 2.67 bits per heavy atom. The summed E-state index contributed by atoms with van der Waals surface area (Å²) in [5, 5.41) is 23.5. The number of pyridine rings is 1. The Morgan fingerprint density at radius 1 is 1.26 bits per heavy atom. The maximum Gasteiger partial charge on any atom is 0.289 e. The van der Waals surface area contributed by atoms with Gasteiger partial charge in [0, 0.05) is 12.5 Å². The summed E-state index contributed by atoms with van der Waals surface area (Å²) in [6.07, 6.45) is 1.97. The highest BCUT2D eigenvalue weighted by molar-refractivity contribution is 5.57. The molecule has 3 rings (SSSR count). The van der Waals surface area contributed by atoms with Gasteiger partial charge >= 0.3 is 0 Å². The predicted molar refractivity (Wildman–Crippen MR) is 98.9 cm³/mol. The molecule has 1 aliphatic rings. The van der Waals surface area contributed by atoms with Crippen LogP contribution in [0.15, 0.2) is 30.5 Å². The molecule has 140 valence electrons. The minimum Gasteiger partial charge on any atom is -0.490 e. The summed E-state index contributed by atoms with van der Waals surface area (Å²) >= 11 is 0. The highest BCUT2D eigenvalue weighted by atomic mass is 16.6. The summed E-state index contributed by atoms with van der Waals surface area (Å²) in [6.45, 7) is 5.30. The molecule has 0 fully saturated rings. The number of nitrogens with one attached hydrogen (secondary N) is 1. The zero-order valence-electron chi connectivity index (χ0n) is 15.1. The number of benzene rings is 1. The van der Waals surface area contributed by atoms with Crippen molar-refractivity contribution in [2.75, 3.05) is 18.5 Å². The first-order valence-corrected chi connectivity index (χ1v) is 8.70. The Labute approximate surface area is 156 Å². The largest absolute Gasteiger partial charge is 0.490 e. The lowest BCUT2D eigenvalue weighted by Crippen LogP contribution is -2.18. The third kappa shape index (κ3) is 4.08. The minimum atomic E-state index is -0.568. The van der Waals surface area contributed by atoms with Crippen LogP contribution in [0.1, 0.15) is 37.4 Å². The Morgan fingerprint density at radius 2 is 2.00 bits per heavy atom. The van der Waals surface area contributed by atoms with Crippen LogP contribution in [0, 0.1) is 27.4 Å². The molecule has 0 unspecified atom stereocenters. The highest BCUT2D eigenvalue weighted by Crippen LogP contribution is 2.35. The topological polar surface area (TPSA) is 110 Å². The van der Waals surface area contributed by atoms with Gasteiger partial charge in [0.25, 0.3) is 5.69 Å². The van der Waals surface area contributed by atoms with Gasteiger partial charge in [-0.25, -0.2) is 4.98 Å². The van der Waals surface area contributed by atoms with E-state index in [4.69, 9.17) is 9.47 Å². The molecule has 0 spiro atoms. The standard InChI is InChI=1S/C19H20N4O4/c1-12(2)18(13-4-5-16-17(9-13)27-7-3-6-26-16)22-19-14(10-20)8-15(11-21-19)23(24)25/h4-5,8-9,11-12,18H,3,6-7H2,1-2H3,(H,21,22)/t18-/m0/s1. The average Bonchev–Trinajstić information content (AvgIpc) is 2.90. The van der Waals surface area contributed by atoms with Gasteiger partial charge in [0.1, 0.15) is 23.6 Å². The quantitative estimate of drug-likeness (QED) is 0.630. The fourth-order valence-electron chi connectivity index (χ4n) is 2.91. The molecule has 0 saturated carbocycles. The number of ether oxygens (including phenoxy) is 2. The van der Waals surface area contributed by atoms with Crippen LogP contribution < -0.4 is 14.8 Å². The summed E-state index contributed by atoms with van der Waals surface area (Å²) in [4.78, 5) is 14.4. The lowest BCUT2D eigenvalue weighted by molar-refractivity contribution is -0.385.